The maximum Gasteiger partial charge on any atom is 0.490 e. The second-order valence-electron chi connectivity index (χ2n) is 8.92. The normalized spacial score (nSPS) is 13.5. The molecule has 0 atom stereocenters. The molecule has 0 saturated heterocycles. The standard InChI is InChI=1S/C25H23BFN3O6S/c1-28-25(31)23-19-11-18(14-3-4-14)20(12-21(19)36-24(23)15-5-8-17(27)9-6-15)30(37(2,34)35)22-10-7-16(13-29-22)26(32)33/h5-14,32-33H,3-4H2,1-2H3,(H,28,31). The molecule has 2 aromatic carbocycles. The van der Waals surface area contributed by atoms with Crippen molar-refractivity contribution in [2.45, 2.75) is 18.8 Å². The van der Waals surface area contributed by atoms with E-state index in [1.54, 1.807) is 12.1 Å². The lowest BCUT2D eigenvalue weighted by Gasteiger charge is -2.24. The van der Waals surface area contributed by atoms with E-state index in [1.165, 1.54) is 49.6 Å². The number of sulfonamides is 1. The van der Waals surface area contributed by atoms with Gasteiger partial charge in [0.2, 0.25) is 10.0 Å². The summed E-state index contributed by atoms with van der Waals surface area (Å²) in [7, 11) is -4.15. The average molecular weight is 523 g/mol. The molecule has 1 fully saturated rings. The number of carbonyl (C=O) groups excluding carboxylic acids is 1. The molecule has 5 rings (SSSR count). The van der Waals surface area contributed by atoms with Crippen molar-refractivity contribution < 1.29 is 32.1 Å². The SMILES string of the molecule is CNC(=O)c1c(-c2ccc(F)cc2)oc2cc(N(c3ccc(B(O)O)cn3)S(C)(=O)=O)c(C3CC3)cc12. The molecule has 0 bridgehead atoms. The van der Waals surface area contributed by atoms with Gasteiger partial charge in [0, 0.05) is 35.7 Å². The second-order valence-corrected chi connectivity index (χ2v) is 10.8. The summed E-state index contributed by atoms with van der Waals surface area (Å²) in [6.45, 7) is 0. The van der Waals surface area contributed by atoms with Gasteiger partial charge < -0.3 is 19.8 Å². The van der Waals surface area contributed by atoms with E-state index in [9.17, 15) is 27.7 Å². The molecule has 1 aliphatic carbocycles. The number of benzene rings is 2. The fourth-order valence-corrected chi connectivity index (χ4v) is 5.31. The Morgan fingerprint density at radius 1 is 1.16 bits per heavy atom. The maximum atomic E-state index is 13.6. The van der Waals surface area contributed by atoms with Gasteiger partial charge in [-0.3, -0.25) is 4.79 Å². The zero-order chi connectivity index (χ0) is 26.5. The number of fused-ring (bicyclic) bond motifs is 1. The largest absolute Gasteiger partial charge is 0.490 e. The fraction of sp³-hybridized carbons (Fsp3) is 0.200. The third-order valence-corrected chi connectivity index (χ3v) is 7.29. The minimum absolute atomic E-state index is 0.0602. The van der Waals surface area contributed by atoms with Crippen LogP contribution in [0.5, 0.6) is 0 Å². The van der Waals surface area contributed by atoms with Gasteiger partial charge in [0.15, 0.2) is 0 Å². The number of nitrogens with one attached hydrogen (secondary N) is 1. The highest BCUT2D eigenvalue weighted by atomic mass is 32.2. The number of rotatable bonds is 7. The molecule has 2 heterocycles. The molecular weight excluding hydrogens is 500 g/mol. The number of carbonyl (C=O) groups is 1. The van der Waals surface area contributed by atoms with E-state index in [4.69, 9.17) is 4.42 Å². The molecule has 1 amide bonds. The predicted molar refractivity (Wildman–Crippen MR) is 138 cm³/mol. The molecule has 2 aromatic heterocycles. The Morgan fingerprint density at radius 2 is 1.86 bits per heavy atom. The van der Waals surface area contributed by atoms with E-state index in [2.05, 4.69) is 10.3 Å². The van der Waals surface area contributed by atoms with Crippen LogP contribution in [0.15, 0.2) is 59.1 Å². The van der Waals surface area contributed by atoms with Crippen LogP contribution in [0.4, 0.5) is 15.9 Å². The quantitative estimate of drug-likeness (QED) is 0.317. The minimum Gasteiger partial charge on any atom is -0.455 e. The number of hydrogen-bond acceptors (Lipinski definition) is 7. The van der Waals surface area contributed by atoms with Crippen molar-refractivity contribution in [3.05, 3.63) is 71.7 Å². The Hall–Kier alpha value is -3.74. The molecule has 0 radical (unpaired) electrons. The van der Waals surface area contributed by atoms with Crippen LogP contribution in [-0.2, 0) is 10.0 Å². The van der Waals surface area contributed by atoms with E-state index in [1.807, 2.05) is 0 Å². The van der Waals surface area contributed by atoms with Crippen LogP contribution in [-0.4, -0.2) is 49.8 Å². The number of furan rings is 1. The van der Waals surface area contributed by atoms with Gasteiger partial charge in [0.05, 0.1) is 17.5 Å². The first-order valence-corrected chi connectivity index (χ1v) is 13.3. The van der Waals surface area contributed by atoms with Crippen LogP contribution in [0.3, 0.4) is 0 Å². The summed E-state index contributed by atoms with van der Waals surface area (Å²) < 4.78 is 46.8. The van der Waals surface area contributed by atoms with Gasteiger partial charge in [-0.25, -0.2) is 22.1 Å². The summed E-state index contributed by atoms with van der Waals surface area (Å²) in [5, 5.41) is 21.9. The van der Waals surface area contributed by atoms with E-state index in [0.717, 1.165) is 23.4 Å². The first kappa shape index (κ1) is 24.9. The Labute approximate surface area is 212 Å². The molecule has 190 valence electrons. The number of pyridine rings is 1. The van der Waals surface area contributed by atoms with Crippen molar-refractivity contribution >= 4 is 51.0 Å². The van der Waals surface area contributed by atoms with Crippen LogP contribution in [0.25, 0.3) is 22.3 Å². The lowest BCUT2D eigenvalue weighted by molar-refractivity contribution is 0.0964. The summed E-state index contributed by atoms with van der Waals surface area (Å²) in [5.74, 6) is -0.463. The van der Waals surface area contributed by atoms with Crippen molar-refractivity contribution in [2.75, 3.05) is 17.6 Å². The Bertz CT molecular complexity index is 1600. The summed E-state index contributed by atoms with van der Waals surface area (Å²) in [6, 6.07) is 11.6. The first-order valence-electron chi connectivity index (χ1n) is 11.5. The molecule has 12 heteroatoms. The molecular formula is C25H23BFN3O6S. The van der Waals surface area contributed by atoms with E-state index in [0.29, 0.717) is 22.2 Å². The highest BCUT2D eigenvalue weighted by Crippen LogP contribution is 2.49. The molecule has 1 aliphatic rings. The molecule has 0 spiro atoms. The fourth-order valence-electron chi connectivity index (χ4n) is 4.34. The summed E-state index contributed by atoms with van der Waals surface area (Å²) in [5.41, 5.74) is 2.18. The molecule has 37 heavy (non-hydrogen) atoms. The maximum absolute atomic E-state index is 13.6. The minimum atomic E-state index is -3.90. The number of hydrogen-bond donors (Lipinski definition) is 3. The number of halogens is 1. The van der Waals surface area contributed by atoms with E-state index < -0.39 is 28.9 Å². The lowest BCUT2D eigenvalue weighted by atomic mass is 9.82. The second kappa shape index (κ2) is 9.29. The smallest absolute Gasteiger partial charge is 0.455 e. The molecule has 4 aromatic rings. The zero-order valence-electron chi connectivity index (χ0n) is 20.0. The van der Waals surface area contributed by atoms with Gasteiger partial charge in [-0.05, 0) is 60.7 Å². The van der Waals surface area contributed by atoms with Crippen LogP contribution in [0, 0.1) is 5.82 Å². The highest BCUT2D eigenvalue weighted by Gasteiger charge is 2.34. The van der Waals surface area contributed by atoms with Crippen LogP contribution >= 0.6 is 0 Å². The van der Waals surface area contributed by atoms with E-state index >= 15 is 0 Å². The summed E-state index contributed by atoms with van der Waals surface area (Å²) in [6.07, 6.45) is 3.93. The van der Waals surface area contributed by atoms with Gasteiger partial charge in [-0.1, -0.05) is 6.07 Å². The molecule has 9 nitrogen and oxygen atoms in total. The zero-order valence-corrected chi connectivity index (χ0v) is 20.8. The predicted octanol–water partition coefficient (Wildman–Crippen LogP) is 2.65. The molecule has 0 unspecified atom stereocenters. The van der Waals surface area contributed by atoms with Crippen LogP contribution in [0.1, 0.15) is 34.7 Å². The number of nitrogens with zero attached hydrogens (tertiary/aromatic N) is 2. The molecule has 0 aliphatic heterocycles. The van der Waals surface area contributed by atoms with Gasteiger partial charge >= 0.3 is 7.12 Å². The molecule has 1 saturated carbocycles. The van der Waals surface area contributed by atoms with Crippen molar-refractivity contribution in [1.82, 2.24) is 10.3 Å². The topological polar surface area (TPSA) is 133 Å². The summed E-state index contributed by atoms with van der Waals surface area (Å²) >= 11 is 0. The Morgan fingerprint density at radius 3 is 2.41 bits per heavy atom. The lowest BCUT2D eigenvalue weighted by Crippen LogP contribution is -2.31. The molecule has 3 N–H and O–H groups in total. The van der Waals surface area contributed by atoms with Gasteiger partial charge in [-0.15, -0.1) is 0 Å². The summed E-state index contributed by atoms with van der Waals surface area (Å²) in [4.78, 5) is 17.1. The van der Waals surface area contributed by atoms with E-state index in [-0.39, 0.29) is 34.1 Å². The Kier molecular flexibility index (Phi) is 6.26. The Balaban J connectivity index is 1.76. The number of aromatic nitrogens is 1. The van der Waals surface area contributed by atoms with Crippen molar-refractivity contribution in [2.24, 2.45) is 0 Å². The van der Waals surface area contributed by atoms with Gasteiger partial charge in [0.1, 0.15) is 23.0 Å². The van der Waals surface area contributed by atoms with Crippen LogP contribution in [0.2, 0.25) is 0 Å². The van der Waals surface area contributed by atoms with Crippen molar-refractivity contribution in [3.8, 4) is 11.3 Å². The third-order valence-electron chi connectivity index (χ3n) is 6.24. The van der Waals surface area contributed by atoms with Gasteiger partial charge in [0.25, 0.3) is 5.91 Å². The highest BCUT2D eigenvalue weighted by molar-refractivity contribution is 7.92. The van der Waals surface area contributed by atoms with Crippen LogP contribution < -0.4 is 15.1 Å². The monoisotopic (exact) mass is 523 g/mol. The van der Waals surface area contributed by atoms with Crippen molar-refractivity contribution in [1.29, 1.82) is 0 Å². The van der Waals surface area contributed by atoms with Gasteiger partial charge in [-0.2, -0.15) is 0 Å². The van der Waals surface area contributed by atoms with Crippen molar-refractivity contribution in [3.63, 3.8) is 0 Å². The third kappa shape index (κ3) is 4.70. The first-order chi connectivity index (χ1) is 17.6. The number of amides is 1. The average Bonchev–Trinajstić information content (AvgIpc) is 3.63. The number of anilines is 2.